The first kappa shape index (κ1) is 9.37. The van der Waals surface area contributed by atoms with Crippen molar-refractivity contribution in [3.8, 4) is 0 Å². The second-order valence-electron chi connectivity index (χ2n) is 4.14. The summed E-state index contributed by atoms with van der Waals surface area (Å²) in [4.78, 5) is 24.0. The van der Waals surface area contributed by atoms with E-state index < -0.39 is 11.6 Å². The lowest BCUT2D eigenvalue weighted by Crippen LogP contribution is -2.22. The van der Waals surface area contributed by atoms with Crippen molar-refractivity contribution in [1.82, 2.24) is 4.90 Å². The maximum Gasteiger partial charge on any atom is 0.222 e. The minimum atomic E-state index is -0.617. The SMILES string of the molecule is CN(C)C(=O)CC1C2C=C(F)C(=O)C21. The van der Waals surface area contributed by atoms with Gasteiger partial charge >= 0.3 is 0 Å². The molecule has 0 saturated heterocycles. The normalized spacial score (nSPS) is 33.8. The van der Waals surface area contributed by atoms with Gasteiger partial charge in [-0.3, -0.25) is 9.59 Å². The van der Waals surface area contributed by atoms with Crippen LogP contribution < -0.4 is 0 Å². The molecular weight excluding hydrogens is 185 g/mol. The van der Waals surface area contributed by atoms with Gasteiger partial charge in [-0.05, 0) is 17.9 Å². The highest BCUT2D eigenvalue weighted by atomic mass is 19.1. The number of ketones is 1. The number of carbonyl (C=O) groups excluding carboxylic acids is 2. The molecule has 0 spiro atoms. The monoisotopic (exact) mass is 197 g/mol. The Morgan fingerprint density at radius 2 is 2.21 bits per heavy atom. The van der Waals surface area contributed by atoms with Crippen molar-refractivity contribution >= 4 is 11.7 Å². The molecule has 0 bridgehead atoms. The fraction of sp³-hybridized carbons (Fsp3) is 0.600. The molecule has 14 heavy (non-hydrogen) atoms. The van der Waals surface area contributed by atoms with E-state index in [2.05, 4.69) is 0 Å². The van der Waals surface area contributed by atoms with Crippen LogP contribution in [0.3, 0.4) is 0 Å². The van der Waals surface area contributed by atoms with Crippen molar-refractivity contribution in [2.24, 2.45) is 17.8 Å². The number of carbonyl (C=O) groups is 2. The van der Waals surface area contributed by atoms with Crippen molar-refractivity contribution in [3.63, 3.8) is 0 Å². The first-order valence-corrected chi connectivity index (χ1v) is 4.64. The van der Waals surface area contributed by atoms with E-state index in [1.54, 1.807) is 14.1 Å². The Morgan fingerprint density at radius 3 is 2.64 bits per heavy atom. The Morgan fingerprint density at radius 1 is 1.57 bits per heavy atom. The first-order chi connectivity index (χ1) is 6.52. The van der Waals surface area contributed by atoms with Crippen LogP contribution in [0, 0.1) is 17.8 Å². The van der Waals surface area contributed by atoms with Crippen LogP contribution in [0.1, 0.15) is 6.42 Å². The predicted molar refractivity (Wildman–Crippen MR) is 48.0 cm³/mol. The molecule has 1 fully saturated rings. The van der Waals surface area contributed by atoms with E-state index in [9.17, 15) is 14.0 Å². The minimum Gasteiger partial charge on any atom is -0.349 e. The van der Waals surface area contributed by atoms with Gasteiger partial charge in [-0.15, -0.1) is 0 Å². The number of Topliss-reactive ketones (excluding diaryl/α,β-unsaturated/α-hetero) is 1. The molecule has 3 unspecified atom stereocenters. The second-order valence-corrected chi connectivity index (χ2v) is 4.14. The fourth-order valence-corrected chi connectivity index (χ4v) is 2.05. The Labute approximate surface area is 81.6 Å². The molecule has 4 heteroatoms. The quantitative estimate of drug-likeness (QED) is 0.655. The summed E-state index contributed by atoms with van der Waals surface area (Å²) in [5.74, 6) is -1.21. The molecule has 2 aliphatic carbocycles. The summed E-state index contributed by atoms with van der Waals surface area (Å²) in [6.45, 7) is 0. The van der Waals surface area contributed by atoms with Gasteiger partial charge in [0.25, 0.3) is 0 Å². The van der Waals surface area contributed by atoms with Gasteiger partial charge in [-0.25, -0.2) is 4.39 Å². The number of halogens is 1. The van der Waals surface area contributed by atoms with Gasteiger partial charge in [0, 0.05) is 26.4 Å². The van der Waals surface area contributed by atoms with Crippen molar-refractivity contribution < 1.29 is 14.0 Å². The zero-order chi connectivity index (χ0) is 10.5. The van der Waals surface area contributed by atoms with E-state index in [0.29, 0.717) is 6.42 Å². The number of hydrogen-bond acceptors (Lipinski definition) is 2. The topological polar surface area (TPSA) is 37.4 Å². The van der Waals surface area contributed by atoms with E-state index in [-0.39, 0.29) is 23.7 Å². The molecule has 0 aromatic heterocycles. The zero-order valence-corrected chi connectivity index (χ0v) is 8.16. The minimum absolute atomic E-state index is 0.00556. The lowest BCUT2D eigenvalue weighted by atomic mass is 10.1. The van der Waals surface area contributed by atoms with Crippen molar-refractivity contribution in [3.05, 3.63) is 11.9 Å². The number of fused-ring (bicyclic) bond motifs is 1. The number of rotatable bonds is 2. The van der Waals surface area contributed by atoms with E-state index >= 15 is 0 Å². The summed E-state index contributed by atoms with van der Waals surface area (Å²) in [5.41, 5.74) is 0. The maximum atomic E-state index is 12.7. The molecule has 1 saturated carbocycles. The Bertz CT molecular complexity index is 335. The summed E-state index contributed by atoms with van der Waals surface area (Å²) in [5, 5.41) is 0. The van der Waals surface area contributed by atoms with Gasteiger partial charge in [0.1, 0.15) is 0 Å². The summed E-state index contributed by atoms with van der Waals surface area (Å²) in [6, 6.07) is 0. The van der Waals surface area contributed by atoms with Gasteiger partial charge in [0.05, 0.1) is 0 Å². The van der Waals surface area contributed by atoms with E-state index in [4.69, 9.17) is 0 Å². The summed E-state index contributed by atoms with van der Waals surface area (Å²) in [7, 11) is 3.36. The summed E-state index contributed by atoms with van der Waals surface area (Å²) >= 11 is 0. The molecule has 76 valence electrons. The standard InChI is InChI=1S/C10H12FNO2/c1-12(2)8(13)4-6-5-3-7(11)10(14)9(5)6/h3,5-6,9H,4H2,1-2H3. The number of amides is 1. The van der Waals surface area contributed by atoms with Crippen LogP contribution in [0.2, 0.25) is 0 Å². The van der Waals surface area contributed by atoms with E-state index in [1.165, 1.54) is 11.0 Å². The first-order valence-electron chi connectivity index (χ1n) is 4.64. The summed E-state index contributed by atoms with van der Waals surface area (Å²) in [6.07, 6.45) is 1.72. The number of hydrogen-bond donors (Lipinski definition) is 0. The molecule has 3 nitrogen and oxygen atoms in total. The predicted octanol–water partition coefficient (Wildman–Crippen LogP) is 0.763. The van der Waals surface area contributed by atoms with Crippen molar-refractivity contribution in [2.45, 2.75) is 6.42 Å². The molecule has 0 radical (unpaired) electrons. The van der Waals surface area contributed by atoms with Gasteiger partial charge in [0.15, 0.2) is 11.6 Å². The molecule has 0 aromatic rings. The molecule has 1 amide bonds. The highest BCUT2D eigenvalue weighted by Gasteiger charge is 2.58. The molecule has 0 aromatic carbocycles. The van der Waals surface area contributed by atoms with Gasteiger partial charge < -0.3 is 4.90 Å². The zero-order valence-electron chi connectivity index (χ0n) is 8.16. The third kappa shape index (κ3) is 1.25. The third-order valence-corrected chi connectivity index (χ3v) is 3.02. The number of nitrogens with zero attached hydrogens (tertiary/aromatic N) is 1. The van der Waals surface area contributed by atoms with Crippen LogP contribution in [-0.2, 0) is 9.59 Å². The van der Waals surface area contributed by atoms with Crippen LogP contribution in [0.25, 0.3) is 0 Å². The smallest absolute Gasteiger partial charge is 0.222 e. The molecule has 3 atom stereocenters. The maximum absolute atomic E-state index is 12.7. The average Bonchev–Trinajstić information content (AvgIpc) is 2.67. The van der Waals surface area contributed by atoms with Crippen LogP contribution in [-0.4, -0.2) is 30.7 Å². The molecule has 2 rings (SSSR count). The fourth-order valence-electron chi connectivity index (χ4n) is 2.05. The van der Waals surface area contributed by atoms with Crippen LogP contribution >= 0.6 is 0 Å². The Balaban J connectivity index is 1.95. The lowest BCUT2D eigenvalue weighted by molar-refractivity contribution is -0.129. The average molecular weight is 197 g/mol. The van der Waals surface area contributed by atoms with Crippen LogP contribution in [0.15, 0.2) is 11.9 Å². The Kier molecular flexibility index (Phi) is 1.94. The number of allylic oxidation sites excluding steroid dienone is 2. The molecule has 0 heterocycles. The highest BCUT2D eigenvalue weighted by Crippen LogP contribution is 2.55. The van der Waals surface area contributed by atoms with Gasteiger partial charge in [0.2, 0.25) is 5.91 Å². The van der Waals surface area contributed by atoms with E-state index in [0.717, 1.165) is 0 Å². The summed E-state index contributed by atoms with van der Waals surface area (Å²) < 4.78 is 12.7. The third-order valence-electron chi connectivity index (χ3n) is 3.02. The van der Waals surface area contributed by atoms with Gasteiger partial charge in [-0.1, -0.05) is 0 Å². The van der Waals surface area contributed by atoms with Crippen LogP contribution in [0.5, 0.6) is 0 Å². The Hall–Kier alpha value is -1.19. The molecule has 0 N–H and O–H groups in total. The highest BCUT2D eigenvalue weighted by molar-refractivity contribution is 6.01. The molecule has 0 aliphatic heterocycles. The lowest BCUT2D eigenvalue weighted by Gasteiger charge is -2.09. The van der Waals surface area contributed by atoms with Gasteiger partial charge in [-0.2, -0.15) is 0 Å². The van der Waals surface area contributed by atoms with Crippen molar-refractivity contribution in [2.75, 3.05) is 14.1 Å². The van der Waals surface area contributed by atoms with E-state index in [1.807, 2.05) is 0 Å². The second kappa shape index (κ2) is 2.90. The largest absolute Gasteiger partial charge is 0.349 e. The molecular formula is C10H12FNO2. The van der Waals surface area contributed by atoms with Crippen LogP contribution in [0.4, 0.5) is 4.39 Å². The van der Waals surface area contributed by atoms with Crippen molar-refractivity contribution in [1.29, 1.82) is 0 Å². The molecule has 2 aliphatic rings.